The average molecular weight is 467 g/mol. The number of amides is 2. The van der Waals surface area contributed by atoms with Gasteiger partial charge in [0.1, 0.15) is 5.75 Å². The third-order valence-electron chi connectivity index (χ3n) is 5.30. The molecule has 0 atom stereocenters. The first-order valence-electron chi connectivity index (χ1n) is 11.2. The fraction of sp³-hybridized carbons (Fsp3) is 0.107. The van der Waals surface area contributed by atoms with E-state index >= 15 is 0 Å². The maximum absolute atomic E-state index is 13.1. The van der Waals surface area contributed by atoms with Gasteiger partial charge in [-0.2, -0.15) is 0 Å². The van der Waals surface area contributed by atoms with E-state index in [1.54, 1.807) is 24.4 Å². The van der Waals surface area contributed by atoms with Crippen LogP contribution in [-0.4, -0.2) is 29.9 Å². The molecule has 1 aromatic heterocycles. The summed E-state index contributed by atoms with van der Waals surface area (Å²) in [7, 11) is 0. The molecule has 3 aromatic carbocycles. The van der Waals surface area contributed by atoms with Crippen LogP contribution < -0.4 is 21.1 Å². The molecule has 0 radical (unpaired) electrons. The number of anilines is 2. The lowest BCUT2D eigenvalue weighted by Gasteiger charge is -2.12. The van der Waals surface area contributed by atoms with E-state index < -0.39 is 5.91 Å². The Kier molecular flexibility index (Phi) is 7.70. The molecular weight excluding hydrogens is 440 g/mol. The van der Waals surface area contributed by atoms with E-state index in [0.717, 1.165) is 35.5 Å². The minimum absolute atomic E-state index is 0.184. The molecule has 0 aliphatic rings. The second-order valence-corrected chi connectivity index (χ2v) is 7.85. The van der Waals surface area contributed by atoms with Gasteiger partial charge < -0.3 is 21.1 Å². The molecule has 0 bridgehead atoms. The van der Waals surface area contributed by atoms with Crippen molar-refractivity contribution in [2.24, 2.45) is 5.73 Å². The zero-order valence-corrected chi connectivity index (χ0v) is 19.1. The number of rotatable bonds is 10. The molecule has 0 unspecified atom stereocenters. The molecule has 7 heteroatoms. The molecule has 35 heavy (non-hydrogen) atoms. The number of nitrogens with zero attached hydrogens (tertiary/aromatic N) is 1. The fourth-order valence-corrected chi connectivity index (χ4v) is 3.57. The van der Waals surface area contributed by atoms with E-state index in [4.69, 9.17) is 10.5 Å². The summed E-state index contributed by atoms with van der Waals surface area (Å²) in [6.07, 6.45) is 2.62. The summed E-state index contributed by atoms with van der Waals surface area (Å²) < 4.78 is 5.31. The number of pyridine rings is 1. The molecule has 4 N–H and O–H groups in total. The van der Waals surface area contributed by atoms with Crippen LogP contribution in [0.15, 0.2) is 97.2 Å². The number of nitrogens with two attached hydrogens (primary N) is 1. The molecule has 0 aliphatic carbocycles. The second-order valence-electron chi connectivity index (χ2n) is 7.85. The van der Waals surface area contributed by atoms with Crippen LogP contribution in [0.5, 0.6) is 5.75 Å². The van der Waals surface area contributed by atoms with Crippen molar-refractivity contribution in [3.63, 3.8) is 0 Å². The largest absolute Gasteiger partial charge is 0.484 e. The second kappa shape index (κ2) is 11.5. The lowest BCUT2D eigenvalue weighted by molar-refractivity contribution is -0.119. The van der Waals surface area contributed by atoms with Crippen LogP contribution in [0.25, 0.3) is 11.1 Å². The Morgan fingerprint density at radius 1 is 0.829 bits per heavy atom. The van der Waals surface area contributed by atoms with Gasteiger partial charge in [0.2, 0.25) is 0 Å². The first kappa shape index (κ1) is 23.5. The van der Waals surface area contributed by atoms with Crippen LogP contribution in [-0.2, 0) is 11.2 Å². The summed E-state index contributed by atoms with van der Waals surface area (Å²) in [5.74, 6) is -0.210. The van der Waals surface area contributed by atoms with Crippen molar-refractivity contribution in [2.75, 3.05) is 23.8 Å². The quantitative estimate of drug-likeness (QED) is 0.319. The number of primary amides is 1. The number of hydrogen-bond donors (Lipinski definition) is 3. The van der Waals surface area contributed by atoms with E-state index in [1.807, 2.05) is 72.8 Å². The van der Waals surface area contributed by atoms with Gasteiger partial charge in [0.05, 0.1) is 0 Å². The first-order chi connectivity index (χ1) is 17.1. The van der Waals surface area contributed by atoms with Crippen molar-refractivity contribution in [1.82, 2.24) is 4.98 Å². The maximum atomic E-state index is 13.1. The number of nitrogens with one attached hydrogen (secondary N) is 2. The average Bonchev–Trinajstić information content (AvgIpc) is 2.89. The predicted molar refractivity (Wildman–Crippen MR) is 137 cm³/mol. The van der Waals surface area contributed by atoms with Gasteiger partial charge in [0.25, 0.3) is 11.8 Å². The summed E-state index contributed by atoms with van der Waals surface area (Å²) in [5.41, 5.74) is 10.0. The number of ether oxygens (including phenoxy) is 1. The highest BCUT2D eigenvalue weighted by atomic mass is 16.5. The number of carbonyl (C=O) groups excluding carboxylic acids is 2. The van der Waals surface area contributed by atoms with Gasteiger partial charge in [-0.1, -0.05) is 36.4 Å². The molecular formula is C28H26N4O3. The summed E-state index contributed by atoms with van der Waals surface area (Å²) in [6.45, 7) is 0.583. The van der Waals surface area contributed by atoms with Gasteiger partial charge in [0, 0.05) is 41.8 Å². The maximum Gasteiger partial charge on any atom is 0.256 e. The van der Waals surface area contributed by atoms with Gasteiger partial charge in [-0.3, -0.25) is 14.6 Å². The van der Waals surface area contributed by atoms with Gasteiger partial charge in [-0.15, -0.1) is 0 Å². The highest BCUT2D eigenvalue weighted by Crippen LogP contribution is 2.27. The highest BCUT2D eigenvalue weighted by molar-refractivity contribution is 6.08. The lowest BCUT2D eigenvalue weighted by atomic mass is 9.99. The molecule has 0 saturated heterocycles. The van der Waals surface area contributed by atoms with Gasteiger partial charge in [-0.25, -0.2) is 0 Å². The van der Waals surface area contributed by atoms with Crippen molar-refractivity contribution in [3.05, 3.63) is 108 Å². The molecule has 4 rings (SSSR count). The summed E-state index contributed by atoms with van der Waals surface area (Å²) in [4.78, 5) is 28.3. The SMILES string of the molecule is NC(=O)COc1ccc(-c2ccccc2C(=O)Nc2ccc(NCCc3ccccn3)cc2)cc1. The predicted octanol–water partition coefficient (Wildman–Crippen LogP) is 4.52. The van der Waals surface area contributed by atoms with Crippen molar-refractivity contribution in [2.45, 2.75) is 6.42 Å². The minimum atomic E-state index is -0.538. The van der Waals surface area contributed by atoms with Crippen LogP contribution in [0.1, 0.15) is 16.1 Å². The summed E-state index contributed by atoms with van der Waals surface area (Å²) >= 11 is 0. The lowest BCUT2D eigenvalue weighted by Crippen LogP contribution is -2.19. The standard InChI is InChI=1S/C28H26N4O3/c29-27(33)19-35-24-14-8-20(9-15-24)25-6-1-2-7-26(25)28(34)32-23-12-10-22(11-13-23)31-18-16-21-5-3-4-17-30-21/h1-15,17,31H,16,18-19H2,(H2,29,33)(H,32,34). The van der Waals surface area contributed by atoms with Crippen LogP contribution in [0, 0.1) is 0 Å². The van der Waals surface area contributed by atoms with Crippen molar-refractivity contribution >= 4 is 23.2 Å². The van der Waals surface area contributed by atoms with Gasteiger partial charge >= 0.3 is 0 Å². The van der Waals surface area contributed by atoms with Crippen molar-refractivity contribution in [1.29, 1.82) is 0 Å². The normalized spacial score (nSPS) is 10.4. The highest BCUT2D eigenvalue weighted by Gasteiger charge is 2.13. The topological polar surface area (TPSA) is 106 Å². The zero-order valence-electron chi connectivity index (χ0n) is 19.1. The third kappa shape index (κ3) is 6.68. The van der Waals surface area contributed by atoms with Crippen molar-refractivity contribution < 1.29 is 14.3 Å². The Bertz CT molecular complexity index is 1270. The molecule has 0 spiro atoms. The number of aromatic nitrogens is 1. The Hall–Kier alpha value is -4.65. The summed E-state index contributed by atoms with van der Waals surface area (Å²) in [5, 5.41) is 6.34. The molecule has 4 aromatic rings. The molecule has 0 saturated carbocycles. The fourth-order valence-electron chi connectivity index (χ4n) is 3.57. The summed E-state index contributed by atoms with van der Waals surface area (Å²) in [6, 6.07) is 28.1. The molecule has 2 amide bonds. The van der Waals surface area contributed by atoms with Crippen molar-refractivity contribution in [3.8, 4) is 16.9 Å². The molecule has 1 heterocycles. The van der Waals surface area contributed by atoms with E-state index in [9.17, 15) is 9.59 Å². The van der Waals surface area contributed by atoms with Gasteiger partial charge in [0.15, 0.2) is 6.61 Å². The van der Waals surface area contributed by atoms with Crippen LogP contribution in [0.3, 0.4) is 0 Å². The molecule has 176 valence electrons. The Morgan fingerprint density at radius 3 is 2.26 bits per heavy atom. The smallest absolute Gasteiger partial charge is 0.256 e. The Balaban J connectivity index is 1.38. The van der Waals surface area contributed by atoms with Crippen LogP contribution >= 0.6 is 0 Å². The zero-order chi connectivity index (χ0) is 24.5. The number of benzene rings is 3. The molecule has 0 aliphatic heterocycles. The number of hydrogen-bond acceptors (Lipinski definition) is 5. The first-order valence-corrected chi connectivity index (χ1v) is 11.2. The number of carbonyl (C=O) groups is 2. The molecule has 0 fully saturated rings. The van der Waals surface area contributed by atoms with Crippen LogP contribution in [0.4, 0.5) is 11.4 Å². The monoisotopic (exact) mass is 466 g/mol. The Morgan fingerprint density at radius 2 is 1.54 bits per heavy atom. The Labute approximate surface area is 204 Å². The minimum Gasteiger partial charge on any atom is -0.484 e. The van der Waals surface area contributed by atoms with E-state index in [2.05, 4.69) is 15.6 Å². The van der Waals surface area contributed by atoms with E-state index in [1.165, 1.54) is 0 Å². The van der Waals surface area contributed by atoms with Crippen LogP contribution in [0.2, 0.25) is 0 Å². The van der Waals surface area contributed by atoms with E-state index in [0.29, 0.717) is 17.0 Å². The molecule has 7 nitrogen and oxygen atoms in total. The third-order valence-corrected chi connectivity index (χ3v) is 5.30. The van der Waals surface area contributed by atoms with E-state index in [-0.39, 0.29) is 12.5 Å². The van der Waals surface area contributed by atoms with Gasteiger partial charge in [-0.05, 0) is 65.7 Å².